The Morgan fingerprint density at radius 1 is 1.00 bits per heavy atom. The Balaban J connectivity index is 0.000000878. The summed E-state index contributed by atoms with van der Waals surface area (Å²) < 4.78 is 5.89. The highest BCUT2D eigenvalue weighted by atomic mass is 16.5. The summed E-state index contributed by atoms with van der Waals surface area (Å²) >= 11 is 0. The Morgan fingerprint density at radius 3 is 2.39 bits per heavy atom. The predicted octanol–water partition coefficient (Wildman–Crippen LogP) is 4.37. The summed E-state index contributed by atoms with van der Waals surface area (Å²) in [4.78, 5) is 21.0. The van der Waals surface area contributed by atoms with Gasteiger partial charge in [-0.15, -0.1) is 0 Å². The number of nitrogens with one attached hydrogen (secondary N) is 1. The van der Waals surface area contributed by atoms with Crippen LogP contribution in [-0.2, 0) is 22.7 Å². The first-order valence-electron chi connectivity index (χ1n) is 9.18. The van der Waals surface area contributed by atoms with Crippen LogP contribution in [0.15, 0.2) is 60.7 Å². The molecule has 5 nitrogen and oxygen atoms in total. The SMILES string of the molecule is CC(C)(C)CNCc1ccc2cc(OCc3ccccc3)ccc2n1.O=C=O. The van der Waals surface area contributed by atoms with Gasteiger partial charge in [-0.1, -0.05) is 57.2 Å². The molecule has 0 saturated carbocycles. The highest BCUT2D eigenvalue weighted by Crippen LogP contribution is 2.21. The fourth-order valence-corrected chi connectivity index (χ4v) is 2.64. The Labute approximate surface area is 165 Å². The van der Waals surface area contributed by atoms with Crippen LogP contribution in [0.25, 0.3) is 10.9 Å². The second-order valence-electron chi connectivity index (χ2n) is 7.68. The third-order valence-corrected chi connectivity index (χ3v) is 3.93. The average molecular weight is 378 g/mol. The van der Waals surface area contributed by atoms with Gasteiger partial charge in [0.15, 0.2) is 0 Å². The van der Waals surface area contributed by atoms with E-state index in [0.29, 0.717) is 6.61 Å². The van der Waals surface area contributed by atoms with Gasteiger partial charge >= 0.3 is 6.15 Å². The van der Waals surface area contributed by atoms with E-state index in [-0.39, 0.29) is 11.6 Å². The molecule has 2 aromatic carbocycles. The Bertz CT molecular complexity index is 912. The van der Waals surface area contributed by atoms with Crippen molar-refractivity contribution >= 4 is 17.1 Å². The molecule has 0 bridgehead atoms. The highest BCUT2D eigenvalue weighted by molar-refractivity contribution is 5.80. The van der Waals surface area contributed by atoms with E-state index in [0.717, 1.165) is 35.4 Å². The number of fused-ring (bicyclic) bond motifs is 1. The summed E-state index contributed by atoms with van der Waals surface area (Å²) in [5, 5.41) is 4.57. The molecule has 0 fully saturated rings. The summed E-state index contributed by atoms with van der Waals surface area (Å²) in [6, 6.07) is 20.5. The molecular formula is C23H26N2O3. The first kappa shape index (κ1) is 21.3. The third kappa shape index (κ3) is 7.31. The molecule has 3 rings (SSSR count). The lowest BCUT2D eigenvalue weighted by molar-refractivity contribution is -0.191. The van der Waals surface area contributed by atoms with Crippen molar-refractivity contribution in [1.29, 1.82) is 0 Å². The van der Waals surface area contributed by atoms with Gasteiger partial charge in [-0.05, 0) is 35.2 Å². The zero-order valence-corrected chi connectivity index (χ0v) is 16.6. The maximum Gasteiger partial charge on any atom is 0.373 e. The van der Waals surface area contributed by atoms with Crippen molar-refractivity contribution in [3.8, 4) is 5.75 Å². The van der Waals surface area contributed by atoms with Crippen LogP contribution in [0, 0.1) is 5.41 Å². The van der Waals surface area contributed by atoms with Crippen molar-refractivity contribution in [2.75, 3.05) is 6.54 Å². The number of hydrogen-bond donors (Lipinski definition) is 1. The summed E-state index contributed by atoms with van der Waals surface area (Å²) in [7, 11) is 0. The molecule has 0 radical (unpaired) electrons. The topological polar surface area (TPSA) is 68.3 Å². The summed E-state index contributed by atoms with van der Waals surface area (Å²) in [6.45, 7) is 9.02. The lowest BCUT2D eigenvalue weighted by atomic mass is 9.97. The molecular weight excluding hydrogens is 352 g/mol. The van der Waals surface area contributed by atoms with Crippen LogP contribution in [0.3, 0.4) is 0 Å². The van der Waals surface area contributed by atoms with Gasteiger partial charge in [0.1, 0.15) is 12.4 Å². The van der Waals surface area contributed by atoms with Gasteiger partial charge < -0.3 is 10.1 Å². The minimum Gasteiger partial charge on any atom is -0.489 e. The lowest BCUT2D eigenvalue weighted by Crippen LogP contribution is -2.26. The molecule has 28 heavy (non-hydrogen) atoms. The fraction of sp³-hybridized carbons (Fsp3) is 0.304. The van der Waals surface area contributed by atoms with E-state index in [1.165, 1.54) is 5.56 Å². The number of aromatic nitrogens is 1. The zero-order valence-electron chi connectivity index (χ0n) is 16.6. The summed E-state index contributed by atoms with van der Waals surface area (Å²) in [5.74, 6) is 0.872. The number of hydrogen-bond acceptors (Lipinski definition) is 5. The molecule has 0 aliphatic rings. The first-order valence-corrected chi connectivity index (χ1v) is 9.18. The van der Waals surface area contributed by atoms with E-state index in [4.69, 9.17) is 19.3 Å². The second-order valence-corrected chi connectivity index (χ2v) is 7.68. The van der Waals surface area contributed by atoms with E-state index in [2.05, 4.69) is 56.4 Å². The Morgan fingerprint density at radius 2 is 1.71 bits per heavy atom. The standard InChI is InChI=1S/C22H26N2O.CO2/c1-22(2,3)16-23-14-19-10-9-18-13-20(11-12-21(18)24-19)25-15-17-7-5-4-6-8-17;2-1-3/h4-13,23H,14-16H2,1-3H3;. The van der Waals surface area contributed by atoms with Gasteiger partial charge in [0.2, 0.25) is 0 Å². The van der Waals surface area contributed by atoms with E-state index in [9.17, 15) is 0 Å². The van der Waals surface area contributed by atoms with E-state index in [1.807, 2.05) is 30.3 Å². The fourth-order valence-electron chi connectivity index (χ4n) is 2.64. The molecule has 0 atom stereocenters. The van der Waals surface area contributed by atoms with Gasteiger partial charge in [-0.3, -0.25) is 4.98 Å². The van der Waals surface area contributed by atoms with Crippen molar-refractivity contribution < 1.29 is 14.3 Å². The van der Waals surface area contributed by atoms with Gasteiger partial charge in [0, 0.05) is 18.5 Å². The highest BCUT2D eigenvalue weighted by Gasteiger charge is 2.09. The van der Waals surface area contributed by atoms with Crippen LogP contribution in [0.1, 0.15) is 32.0 Å². The maximum absolute atomic E-state index is 8.12. The molecule has 0 aliphatic heterocycles. The molecule has 0 unspecified atom stereocenters. The summed E-state index contributed by atoms with van der Waals surface area (Å²) in [6.07, 6.45) is 0.250. The monoisotopic (exact) mass is 378 g/mol. The van der Waals surface area contributed by atoms with Crippen molar-refractivity contribution in [2.45, 2.75) is 33.9 Å². The third-order valence-electron chi connectivity index (χ3n) is 3.93. The van der Waals surface area contributed by atoms with Gasteiger partial charge in [0.25, 0.3) is 0 Å². The Hall–Kier alpha value is -3.01. The summed E-state index contributed by atoms with van der Waals surface area (Å²) in [5.41, 5.74) is 3.51. The molecule has 1 aromatic heterocycles. The normalized spacial score (nSPS) is 10.7. The molecule has 146 valence electrons. The van der Waals surface area contributed by atoms with Crippen molar-refractivity contribution in [1.82, 2.24) is 10.3 Å². The van der Waals surface area contributed by atoms with Crippen LogP contribution >= 0.6 is 0 Å². The average Bonchev–Trinajstić information content (AvgIpc) is 2.67. The minimum absolute atomic E-state index is 0.250. The van der Waals surface area contributed by atoms with E-state index >= 15 is 0 Å². The number of rotatable bonds is 6. The van der Waals surface area contributed by atoms with E-state index < -0.39 is 0 Å². The van der Waals surface area contributed by atoms with Gasteiger partial charge in [-0.2, -0.15) is 9.59 Å². The molecule has 3 aromatic rings. The molecule has 1 heterocycles. The predicted molar refractivity (Wildman–Crippen MR) is 109 cm³/mol. The van der Waals surface area contributed by atoms with Crippen LogP contribution in [0.4, 0.5) is 0 Å². The quantitative estimate of drug-likeness (QED) is 0.690. The lowest BCUT2D eigenvalue weighted by Gasteiger charge is -2.18. The molecule has 0 saturated heterocycles. The molecule has 0 aliphatic carbocycles. The number of benzene rings is 2. The largest absolute Gasteiger partial charge is 0.489 e. The number of pyridine rings is 1. The molecule has 0 amide bonds. The van der Waals surface area contributed by atoms with Crippen molar-refractivity contribution in [3.63, 3.8) is 0 Å². The van der Waals surface area contributed by atoms with Gasteiger partial charge in [-0.25, -0.2) is 0 Å². The van der Waals surface area contributed by atoms with Crippen LogP contribution in [0.5, 0.6) is 5.75 Å². The van der Waals surface area contributed by atoms with E-state index in [1.54, 1.807) is 0 Å². The smallest absolute Gasteiger partial charge is 0.373 e. The Kier molecular flexibility index (Phi) is 7.88. The van der Waals surface area contributed by atoms with Crippen molar-refractivity contribution in [3.05, 3.63) is 71.9 Å². The second kappa shape index (κ2) is 10.4. The molecule has 5 heteroatoms. The van der Waals surface area contributed by atoms with Crippen LogP contribution in [0.2, 0.25) is 0 Å². The first-order chi connectivity index (χ1) is 13.4. The molecule has 1 N–H and O–H groups in total. The van der Waals surface area contributed by atoms with Gasteiger partial charge in [0.05, 0.1) is 11.2 Å². The maximum atomic E-state index is 8.12. The van der Waals surface area contributed by atoms with Crippen LogP contribution < -0.4 is 10.1 Å². The van der Waals surface area contributed by atoms with Crippen molar-refractivity contribution in [2.24, 2.45) is 5.41 Å². The number of carbonyl (C=O) groups excluding carboxylic acids is 2. The van der Waals surface area contributed by atoms with Crippen LogP contribution in [-0.4, -0.2) is 17.7 Å². The number of nitrogens with zero attached hydrogens (tertiary/aromatic N) is 1. The minimum atomic E-state index is 0.250. The number of ether oxygens (including phenoxy) is 1. The zero-order chi connectivity index (χ0) is 20.4. The molecule has 0 spiro atoms.